The summed E-state index contributed by atoms with van der Waals surface area (Å²) in [6.45, 7) is 0. The fourth-order valence-corrected chi connectivity index (χ4v) is 6.10. The molecule has 0 aliphatic carbocycles. The van der Waals surface area contributed by atoms with Gasteiger partial charge in [0.25, 0.3) is 0 Å². The summed E-state index contributed by atoms with van der Waals surface area (Å²) in [7, 11) is 0. The average Bonchev–Trinajstić information content (AvgIpc) is 3.22. The van der Waals surface area contributed by atoms with Gasteiger partial charge in [-0.1, -0.05) is 157 Å². The lowest BCUT2D eigenvalue weighted by Crippen LogP contribution is -2.09. The number of hydrogen-bond acceptors (Lipinski definition) is 3. The molecule has 0 saturated heterocycles. The van der Waals surface area contributed by atoms with Crippen LogP contribution >= 0.6 is 15.9 Å². The maximum Gasteiger partial charge on any atom is 0.0462 e. The van der Waals surface area contributed by atoms with E-state index in [1.54, 1.807) is 0 Å². The molecule has 8 aromatic rings. The number of nitrogens with two attached hydrogens (primary N) is 1. The lowest BCUT2D eigenvalue weighted by Gasteiger charge is -2.25. The Hall–Kier alpha value is -6.36. The fourth-order valence-electron chi connectivity index (χ4n) is 5.84. The Bertz CT molecular complexity index is 2100. The van der Waals surface area contributed by atoms with E-state index in [1.807, 2.05) is 42.5 Å². The van der Waals surface area contributed by atoms with Crippen molar-refractivity contribution in [3.8, 4) is 0 Å². The Balaban J connectivity index is 0.000000177. The van der Waals surface area contributed by atoms with Gasteiger partial charge in [-0.3, -0.25) is 0 Å². The number of benzene rings is 8. The number of nitrogen functional groups attached to an aromatic ring is 1. The van der Waals surface area contributed by atoms with Gasteiger partial charge in [-0.05, 0) is 115 Å². The molecule has 0 atom stereocenters. The molecule has 0 bridgehead atoms. The molecular formula is C50H46BrN3. The van der Waals surface area contributed by atoms with Gasteiger partial charge in [-0.15, -0.1) is 0 Å². The van der Waals surface area contributed by atoms with E-state index < -0.39 is 0 Å². The van der Waals surface area contributed by atoms with Gasteiger partial charge in [-0.25, -0.2) is 0 Å². The first kappa shape index (κ1) is 38.9. The molecule has 0 fully saturated rings. The van der Waals surface area contributed by atoms with Crippen molar-refractivity contribution < 1.29 is 0 Å². The van der Waals surface area contributed by atoms with Crippen molar-refractivity contribution in [3.63, 3.8) is 0 Å². The number of hydrogen-bond donors (Lipinski definition) is 1. The molecule has 0 spiro atoms. The minimum absolute atomic E-state index is 0. The largest absolute Gasteiger partial charge is 0.399 e. The quantitative estimate of drug-likeness (QED) is 0.156. The molecule has 0 radical (unpaired) electrons. The Morgan fingerprint density at radius 2 is 0.574 bits per heavy atom. The Labute approximate surface area is 329 Å². The van der Waals surface area contributed by atoms with Gasteiger partial charge in [0.05, 0.1) is 0 Å². The zero-order valence-corrected chi connectivity index (χ0v) is 31.1. The Morgan fingerprint density at radius 3 is 0.889 bits per heavy atom. The van der Waals surface area contributed by atoms with Crippen LogP contribution < -0.4 is 15.5 Å². The summed E-state index contributed by atoms with van der Waals surface area (Å²) in [5, 5.41) is 0. The van der Waals surface area contributed by atoms with Crippen molar-refractivity contribution in [1.29, 1.82) is 0 Å². The topological polar surface area (TPSA) is 32.5 Å². The van der Waals surface area contributed by atoms with Crippen molar-refractivity contribution in [1.82, 2.24) is 0 Å². The van der Waals surface area contributed by atoms with Gasteiger partial charge in [0.1, 0.15) is 0 Å². The highest BCUT2D eigenvalue weighted by Crippen LogP contribution is 2.35. The van der Waals surface area contributed by atoms with Crippen LogP contribution in [0.4, 0.5) is 39.8 Å². The van der Waals surface area contributed by atoms with E-state index in [1.165, 1.54) is 16.8 Å². The average molecular weight is 769 g/mol. The van der Waals surface area contributed by atoms with Crippen LogP contribution in [-0.4, -0.2) is 0 Å². The minimum atomic E-state index is 0. The van der Waals surface area contributed by atoms with Crippen LogP contribution in [0.25, 0.3) is 0 Å². The molecular weight excluding hydrogens is 722 g/mol. The first-order valence-electron chi connectivity index (χ1n) is 17.6. The summed E-state index contributed by atoms with van der Waals surface area (Å²) >= 11 is 3.49. The SMILES string of the molecule is Brc1ccc(N(c2ccccc2)c2ccccc2)cc1.C.Nc1ccccc1.c1ccc(Cc2ccc(N(c3ccccc3)c3ccccc3)cc2)cc1. The summed E-state index contributed by atoms with van der Waals surface area (Å²) in [4.78, 5) is 4.53. The molecule has 0 saturated carbocycles. The van der Waals surface area contributed by atoms with Crippen molar-refractivity contribution in [2.24, 2.45) is 0 Å². The van der Waals surface area contributed by atoms with E-state index in [-0.39, 0.29) is 7.43 Å². The maximum atomic E-state index is 5.36. The van der Waals surface area contributed by atoms with E-state index in [0.717, 1.165) is 45.0 Å². The number of rotatable bonds is 8. The lowest BCUT2D eigenvalue weighted by atomic mass is 10.0. The summed E-state index contributed by atoms with van der Waals surface area (Å²) in [6.07, 6.45) is 0.956. The number of halogens is 1. The first-order valence-corrected chi connectivity index (χ1v) is 18.4. The molecule has 0 amide bonds. The first-order chi connectivity index (χ1) is 26.1. The predicted octanol–water partition coefficient (Wildman–Crippen LogP) is 14.6. The van der Waals surface area contributed by atoms with Crippen molar-refractivity contribution in [2.45, 2.75) is 13.8 Å². The molecule has 54 heavy (non-hydrogen) atoms. The monoisotopic (exact) mass is 767 g/mol. The van der Waals surface area contributed by atoms with E-state index in [4.69, 9.17) is 5.73 Å². The third-order valence-corrected chi connectivity index (χ3v) is 8.92. The highest BCUT2D eigenvalue weighted by atomic mass is 79.9. The fraction of sp³-hybridized carbons (Fsp3) is 0.0400. The molecule has 2 N–H and O–H groups in total. The summed E-state index contributed by atoms with van der Waals surface area (Å²) in [5.41, 5.74) is 15.8. The molecule has 8 aromatic carbocycles. The lowest BCUT2D eigenvalue weighted by molar-refractivity contribution is 1.18. The summed E-state index contributed by atoms with van der Waals surface area (Å²) < 4.78 is 1.09. The number of nitrogens with zero attached hydrogens (tertiary/aromatic N) is 2. The van der Waals surface area contributed by atoms with Crippen LogP contribution in [0.3, 0.4) is 0 Å². The maximum absolute atomic E-state index is 5.36. The molecule has 0 aliphatic rings. The van der Waals surface area contributed by atoms with Crippen LogP contribution in [0.1, 0.15) is 18.6 Å². The van der Waals surface area contributed by atoms with Crippen molar-refractivity contribution in [3.05, 3.63) is 246 Å². The van der Waals surface area contributed by atoms with Gasteiger partial charge >= 0.3 is 0 Å². The van der Waals surface area contributed by atoms with Gasteiger partial charge in [0.2, 0.25) is 0 Å². The van der Waals surface area contributed by atoms with E-state index >= 15 is 0 Å². The summed E-state index contributed by atoms with van der Waals surface area (Å²) in [5.74, 6) is 0. The summed E-state index contributed by atoms with van der Waals surface area (Å²) in [6, 6.07) is 79.1. The molecule has 0 heterocycles. The van der Waals surface area contributed by atoms with Gasteiger partial charge < -0.3 is 15.5 Å². The molecule has 268 valence electrons. The normalized spacial score (nSPS) is 9.94. The predicted molar refractivity (Wildman–Crippen MR) is 237 cm³/mol. The number of para-hydroxylation sites is 5. The highest BCUT2D eigenvalue weighted by Gasteiger charge is 2.12. The van der Waals surface area contributed by atoms with Crippen LogP contribution in [0.15, 0.2) is 235 Å². The second kappa shape index (κ2) is 20.6. The molecule has 0 aliphatic heterocycles. The zero-order chi connectivity index (χ0) is 36.5. The third kappa shape index (κ3) is 11.3. The minimum Gasteiger partial charge on any atom is -0.399 e. The Kier molecular flexibility index (Phi) is 14.8. The number of anilines is 7. The third-order valence-electron chi connectivity index (χ3n) is 8.39. The molecule has 0 unspecified atom stereocenters. The van der Waals surface area contributed by atoms with Crippen LogP contribution in [0, 0.1) is 0 Å². The molecule has 8 rings (SSSR count). The van der Waals surface area contributed by atoms with Gasteiger partial charge in [0.15, 0.2) is 0 Å². The highest BCUT2D eigenvalue weighted by molar-refractivity contribution is 9.10. The van der Waals surface area contributed by atoms with Crippen LogP contribution in [0.5, 0.6) is 0 Å². The van der Waals surface area contributed by atoms with Crippen LogP contribution in [-0.2, 0) is 6.42 Å². The zero-order valence-electron chi connectivity index (χ0n) is 29.5. The van der Waals surface area contributed by atoms with E-state index in [2.05, 4.69) is 214 Å². The molecule has 0 aromatic heterocycles. The van der Waals surface area contributed by atoms with E-state index in [9.17, 15) is 0 Å². The standard InChI is InChI=1S/C25H21N.C18H14BrN.C6H7N.CH4/c1-4-10-21(11-5-1)20-22-16-18-25(19-17-22)26(23-12-6-2-7-13-23)24-14-8-3-9-15-24;19-15-11-13-18(14-12-15)20(16-7-3-1-4-8-16)17-9-5-2-6-10-17;7-6-4-2-1-3-5-6;/h1-19H,20H2;1-14H;1-5H,7H2;1H4. The van der Waals surface area contributed by atoms with Crippen LogP contribution in [0.2, 0.25) is 0 Å². The Morgan fingerprint density at radius 1 is 0.315 bits per heavy atom. The van der Waals surface area contributed by atoms with Crippen molar-refractivity contribution in [2.75, 3.05) is 15.5 Å². The van der Waals surface area contributed by atoms with Gasteiger partial charge in [-0.2, -0.15) is 0 Å². The van der Waals surface area contributed by atoms with Crippen molar-refractivity contribution >= 4 is 55.7 Å². The molecule has 3 nitrogen and oxygen atoms in total. The van der Waals surface area contributed by atoms with Gasteiger partial charge in [0, 0.05) is 44.3 Å². The second-order valence-corrected chi connectivity index (χ2v) is 13.1. The second-order valence-electron chi connectivity index (χ2n) is 12.2. The molecule has 4 heteroatoms. The van der Waals surface area contributed by atoms with E-state index in [0.29, 0.717) is 0 Å². The smallest absolute Gasteiger partial charge is 0.0462 e.